The summed E-state index contributed by atoms with van der Waals surface area (Å²) in [4.78, 5) is 0. The number of benzene rings is 2. The molecule has 0 heterocycles. The molecule has 18 heavy (non-hydrogen) atoms. The van der Waals surface area contributed by atoms with Gasteiger partial charge in [0.1, 0.15) is 0 Å². The molecule has 0 radical (unpaired) electrons. The largest absolute Gasteiger partial charge is 0.0614 e. The van der Waals surface area contributed by atoms with Gasteiger partial charge in [0.15, 0.2) is 0 Å². The topological polar surface area (TPSA) is 0 Å². The van der Waals surface area contributed by atoms with E-state index in [0.717, 1.165) is 6.42 Å². The quantitative estimate of drug-likeness (QED) is 0.670. The molecule has 0 atom stereocenters. The van der Waals surface area contributed by atoms with Crippen LogP contribution in [-0.2, 0) is 6.42 Å². The van der Waals surface area contributed by atoms with Gasteiger partial charge in [-0.1, -0.05) is 74.9 Å². The molecule has 0 bridgehead atoms. The van der Waals surface area contributed by atoms with Crippen LogP contribution in [0.5, 0.6) is 0 Å². The van der Waals surface area contributed by atoms with Crippen LogP contribution in [0.3, 0.4) is 0 Å². The summed E-state index contributed by atoms with van der Waals surface area (Å²) in [6, 6.07) is 17.6. The molecule has 0 fully saturated rings. The van der Waals surface area contributed by atoms with Gasteiger partial charge in [0.2, 0.25) is 0 Å². The van der Waals surface area contributed by atoms with E-state index in [4.69, 9.17) is 0 Å². The van der Waals surface area contributed by atoms with Crippen LogP contribution < -0.4 is 0 Å². The first-order chi connectivity index (χ1) is 8.44. The van der Waals surface area contributed by atoms with Crippen molar-refractivity contribution >= 4 is 0 Å². The van der Waals surface area contributed by atoms with E-state index in [2.05, 4.69) is 76.2 Å². The lowest BCUT2D eigenvalue weighted by Gasteiger charge is -2.18. The van der Waals surface area contributed by atoms with Crippen molar-refractivity contribution in [1.82, 2.24) is 0 Å². The molecule has 0 saturated carbocycles. The summed E-state index contributed by atoms with van der Waals surface area (Å²) in [5.41, 5.74) is 5.68. The van der Waals surface area contributed by atoms with Gasteiger partial charge in [-0.3, -0.25) is 0 Å². The molecule has 2 aromatic carbocycles. The number of hydrogen-bond acceptors (Lipinski definition) is 0. The van der Waals surface area contributed by atoms with E-state index in [-0.39, 0.29) is 0 Å². The minimum absolute atomic E-state index is 0.352. The van der Waals surface area contributed by atoms with Gasteiger partial charge >= 0.3 is 0 Å². The van der Waals surface area contributed by atoms with Gasteiger partial charge in [-0.2, -0.15) is 0 Å². The highest BCUT2D eigenvalue weighted by atomic mass is 14.2. The van der Waals surface area contributed by atoms with Gasteiger partial charge < -0.3 is 0 Å². The number of rotatable bonds is 2. The average molecular weight is 238 g/mol. The molecular weight excluding hydrogens is 216 g/mol. The van der Waals surface area contributed by atoms with Crippen molar-refractivity contribution < 1.29 is 0 Å². The fourth-order valence-corrected chi connectivity index (χ4v) is 2.25. The maximum absolute atomic E-state index is 2.28. The first-order valence-corrected chi connectivity index (χ1v) is 6.60. The van der Waals surface area contributed by atoms with E-state index in [1.54, 1.807) is 0 Å². The molecule has 0 aliphatic heterocycles. The second-order valence-corrected chi connectivity index (χ2v) is 6.30. The highest BCUT2D eigenvalue weighted by molar-refractivity contribution is 5.64. The van der Waals surface area contributed by atoms with E-state index >= 15 is 0 Å². The highest BCUT2D eigenvalue weighted by Crippen LogP contribution is 2.24. The summed E-state index contributed by atoms with van der Waals surface area (Å²) in [6.07, 6.45) is 1.13. The van der Waals surface area contributed by atoms with Crippen molar-refractivity contribution in [2.75, 3.05) is 0 Å². The van der Waals surface area contributed by atoms with Gasteiger partial charge in [-0.05, 0) is 35.4 Å². The van der Waals surface area contributed by atoms with E-state index in [0.29, 0.717) is 5.41 Å². The Morgan fingerprint density at radius 3 is 2.06 bits per heavy atom. The van der Waals surface area contributed by atoms with Crippen LogP contribution >= 0.6 is 0 Å². The summed E-state index contributed by atoms with van der Waals surface area (Å²) in [6.45, 7) is 8.97. The molecule has 0 saturated heterocycles. The normalized spacial score (nSPS) is 11.6. The molecule has 0 aliphatic carbocycles. The van der Waals surface area contributed by atoms with E-state index in [1.165, 1.54) is 22.3 Å². The predicted octanol–water partition coefficient (Wildman–Crippen LogP) is 5.25. The fourth-order valence-electron chi connectivity index (χ4n) is 2.25. The van der Waals surface area contributed by atoms with E-state index in [9.17, 15) is 0 Å². The summed E-state index contributed by atoms with van der Waals surface area (Å²) >= 11 is 0. The Hall–Kier alpha value is -1.56. The molecule has 0 amide bonds. The van der Waals surface area contributed by atoms with Crippen LogP contribution in [0.2, 0.25) is 0 Å². The lowest BCUT2D eigenvalue weighted by Crippen LogP contribution is -2.08. The molecule has 2 aromatic rings. The van der Waals surface area contributed by atoms with Crippen molar-refractivity contribution in [3.63, 3.8) is 0 Å². The Labute approximate surface area is 111 Å². The Morgan fingerprint density at radius 1 is 0.833 bits per heavy atom. The van der Waals surface area contributed by atoms with Crippen molar-refractivity contribution in [2.24, 2.45) is 5.41 Å². The van der Waals surface area contributed by atoms with Crippen LogP contribution in [0.15, 0.2) is 48.5 Å². The maximum Gasteiger partial charge on any atom is -0.0181 e. The zero-order valence-electron chi connectivity index (χ0n) is 11.8. The Balaban J connectivity index is 2.22. The number of aryl methyl sites for hydroxylation is 1. The second-order valence-electron chi connectivity index (χ2n) is 6.30. The van der Waals surface area contributed by atoms with Crippen molar-refractivity contribution in [3.8, 4) is 11.1 Å². The zero-order chi connectivity index (χ0) is 13.2. The summed E-state index contributed by atoms with van der Waals surface area (Å²) in [5, 5.41) is 0. The molecule has 2 rings (SSSR count). The third-order valence-corrected chi connectivity index (χ3v) is 3.04. The second kappa shape index (κ2) is 4.97. The van der Waals surface area contributed by atoms with Crippen molar-refractivity contribution in [2.45, 2.75) is 34.1 Å². The molecule has 0 heteroatoms. The first kappa shape index (κ1) is 12.9. The maximum atomic E-state index is 2.28. The summed E-state index contributed by atoms with van der Waals surface area (Å²) in [5.74, 6) is 0. The molecule has 0 spiro atoms. The highest BCUT2D eigenvalue weighted by Gasteiger charge is 2.10. The molecule has 0 aromatic heterocycles. The van der Waals surface area contributed by atoms with Crippen LogP contribution in [0.4, 0.5) is 0 Å². The minimum atomic E-state index is 0.352. The standard InChI is InChI=1S/C18H22/c1-14-6-5-7-17(12-14)16-10-8-15(9-11-16)13-18(2,3)4/h5-12H,13H2,1-4H3. The minimum Gasteiger partial charge on any atom is -0.0614 e. The fraction of sp³-hybridized carbons (Fsp3) is 0.333. The molecular formula is C18H22. The monoisotopic (exact) mass is 238 g/mol. The van der Waals surface area contributed by atoms with Gasteiger partial charge in [-0.15, -0.1) is 0 Å². The lowest BCUT2D eigenvalue weighted by molar-refractivity contribution is 0.411. The third-order valence-electron chi connectivity index (χ3n) is 3.04. The lowest BCUT2D eigenvalue weighted by atomic mass is 9.87. The summed E-state index contributed by atoms with van der Waals surface area (Å²) in [7, 11) is 0. The smallest absolute Gasteiger partial charge is 0.0181 e. The van der Waals surface area contributed by atoms with Crippen LogP contribution in [-0.4, -0.2) is 0 Å². The van der Waals surface area contributed by atoms with Crippen LogP contribution in [0, 0.1) is 12.3 Å². The Morgan fingerprint density at radius 2 is 1.50 bits per heavy atom. The SMILES string of the molecule is Cc1cccc(-c2ccc(CC(C)(C)C)cc2)c1. The average Bonchev–Trinajstić information content (AvgIpc) is 2.28. The van der Waals surface area contributed by atoms with E-state index in [1.807, 2.05) is 0 Å². The van der Waals surface area contributed by atoms with E-state index < -0.39 is 0 Å². The zero-order valence-corrected chi connectivity index (χ0v) is 11.8. The molecule has 0 N–H and O–H groups in total. The molecule has 0 aliphatic rings. The van der Waals surface area contributed by atoms with Gasteiger partial charge in [-0.25, -0.2) is 0 Å². The van der Waals surface area contributed by atoms with Crippen molar-refractivity contribution in [1.29, 1.82) is 0 Å². The number of hydrogen-bond donors (Lipinski definition) is 0. The molecule has 0 nitrogen and oxygen atoms in total. The summed E-state index contributed by atoms with van der Waals surface area (Å²) < 4.78 is 0. The molecule has 0 unspecified atom stereocenters. The van der Waals surface area contributed by atoms with Crippen LogP contribution in [0.1, 0.15) is 31.9 Å². The van der Waals surface area contributed by atoms with Crippen LogP contribution in [0.25, 0.3) is 11.1 Å². The van der Waals surface area contributed by atoms with Crippen molar-refractivity contribution in [3.05, 3.63) is 59.7 Å². The predicted molar refractivity (Wildman–Crippen MR) is 79.8 cm³/mol. The first-order valence-electron chi connectivity index (χ1n) is 6.60. The Kier molecular flexibility index (Phi) is 3.56. The van der Waals surface area contributed by atoms with Gasteiger partial charge in [0.05, 0.1) is 0 Å². The van der Waals surface area contributed by atoms with Gasteiger partial charge in [0, 0.05) is 0 Å². The Bertz CT molecular complexity index is 512. The third kappa shape index (κ3) is 3.46. The molecule has 94 valence electrons. The van der Waals surface area contributed by atoms with Gasteiger partial charge in [0.25, 0.3) is 0 Å².